The average molecular weight is 292 g/mol. The third-order valence-electron chi connectivity index (χ3n) is 4.51. The molecule has 1 N–H and O–H groups in total. The van der Waals surface area contributed by atoms with Gasteiger partial charge in [0.25, 0.3) is 0 Å². The van der Waals surface area contributed by atoms with E-state index >= 15 is 0 Å². The monoisotopic (exact) mass is 292 g/mol. The Morgan fingerprint density at radius 3 is 2.65 bits per heavy atom. The fourth-order valence-corrected chi connectivity index (χ4v) is 4.61. The summed E-state index contributed by atoms with van der Waals surface area (Å²) in [6, 6.07) is 11.8. The highest BCUT2D eigenvalue weighted by Gasteiger charge is 2.27. The molecule has 1 aromatic carbocycles. The normalized spacial score (nSPS) is 32.7. The van der Waals surface area contributed by atoms with Crippen molar-refractivity contribution in [1.29, 1.82) is 0 Å². The number of benzene rings is 1. The van der Waals surface area contributed by atoms with E-state index < -0.39 is 10.8 Å². The molecule has 2 aliphatic heterocycles. The van der Waals surface area contributed by atoms with Crippen LogP contribution in [0.15, 0.2) is 30.3 Å². The minimum absolute atomic E-state index is 0.436. The number of hydrogen-bond acceptors (Lipinski definition) is 3. The van der Waals surface area contributed by atoms with Crippen LogP contribution in [0.4, 0.5) is 0 Å². The third kappa shape index (κ3) is 3.48. The maximum atomic E-state index is 11.5. The molecule has 2 heterocycles. The van der Waals surface area contributed by atoms with Crippen LogP contribution in [0.25, 0.3) is 0 Å². The molecule has 0 spiro atoms. The first-order valence-corrected chi connectivity index (χ1v) is 9.19. The van der Waals surface area contributed by atoms with Crippen LogP contribution in [-0.2, 0) is 10.8 Å². The quantitative estimate of drug-likeness (QED) is 0.904. The van der Waals surface area contributed by atoms with Crippen molar-refractivity contribution in [2.45, 2.75) is 31.3 Å². The summed E-state index contributed by atoms with van der Waals surface area (Å²) in [5, 5.41) is 3.67. The van der Waals surface area contributed by atoms with E-state index in [9.17, 15) is 4.21 Å². The lowest BCUT2D eigenvalue weighted by Crippen LogP contribution is -2.42. The van der Waals surface area contributed by atoms with Crippen molar-refractivity contribution in [2.24, 2.45) is 0 Å². The van der Waals surface area contributed by atoms with Gasteiger partial charge in [0.1, 0.15) is 0 Å². The zero-order chi connectivity index (χ0) is 13.8. The summed E-state index contributed by atoms with van der Waals surface area (Å²) in [6.45, 7) is 3.35. The summed E-state index contributed by atoms with van der Waals surface area (Å²) in [7, 11) is -0.557. The van der Waals surface area contributed by atoms with Gasteiger partial charge in [-0.15, -0.1) is 0 Å². The first-order chi connectivity index (χ1) is 9.83. The Balaban J connectivity index is 1.67. The summed E-state index contributed by atoms with van der Waals surface area (Å²) in [6.07, 6.45) is 3.42. The summed E-state index contributed by atoms with van der Waals surface area (Å²) in [5.41, 5.74) is 1.39. The fourth-order valence-electron chi connectivity index (χ4n) is 3.34. The zero-order valence-electron chi connectivity index (χ0n) is 12.0. The van der Waals surface area contributed by atoms with Gasteiger partial charge < -0.3 is 5.32 Å². The minimum Gasteiger partial charge on any atom is -0.309 e. The molecule has 0 radical (unpaired) electrons. The standard InChI is InChI=1S/C16H24N2OS/c19-20-11-7-15(8-12-20)18-10-4-9-17-16(13-18)14-5-2-1-3-6-14/h1-3,5-6,15-17H,4,7-13H2. The molecule has 0 amide bonds. The molecule has 2 saturated heterocycles. The second-order valence-corrected chi connectivity index (χ2v) is 7.54. The average Bonchev–Trinajstić information content (AvgIpc) is 2.75. The molecule has 1 unspecified atom stereocenters. The van der Waals surface area contributed by atoms with Gasteiger partial charge >= 0.3 is 0 Å². The molecule has 20 heavy (non-hydrogen) atoms. The van der Waals surface area contributed by atoms with Gasteiger partial charge in [0.05, 0.1) is 0 Å². The summed E-state index contributed by atoms with van der Waals surface area (Å²) in [5.74, 6) is 1.79. The van der Waals surface area contributed by atoms with Crippen molar-refractivity contribution < 1.29 is 4.21 Å². The van der Waals surface area contributed by atoms with Crippen LogP contribution in [0, 0.1) is 0 Å². The van der Waals surface area contributed by atoms with Gasteiger partial charge in [-0.1, -0.05) is 30.3 Å². The fraction of sp³-hybridized carbons (Fsp3) is 0.625. The van der Waals surface area contributed by atoms with Crippen LogP contribution in [-0.4, -0.2) is 46.3 Å². The number of rotatable bonds is 2. The topological polar surface area (TPSA) is 32.3 Å². The molecule has 0 aliphatic carbocycles. The van der Waals surface area contributed by atoms with E-state index in [4.69, 9.17) is 0 Å². The molecule has 4 heteroatoms. The van der Waals surface area contributed by atoms with E-state index in [1.165, 1.54) is 18.5 Å². The van der Waals surface area contributed by atoms with Crippen LogP contribution >= 0.6 is 0 Å². The van der Waals surface area contributed by atoms with Gasteiger partial charge in [0.15, 0.2) is 0 Å². The Bertz CT molecular complexity index is 441. The lowest BCUT2D eigenvalue weighted by molar-refractivity contribution is 0.181. The Kier molecular flexibility index (Phi) is 4.86. The number of nitrogens with zero attached hydrogens (tertiary/aromatic N) is 1. The molecular weight excluding hydrogens is 268 g/mol. The van der Waals surface area contributed by atoms with E-state index in [0.29, 0.717) is 12.1 Å². The first kappa shape index (κ1) is 14.2. The van der Waals surface area contributed by atoms with E-state index in [0.717, 1.165) is 37.4 Å². The van der Waals surface area contributed by atoms with Crippen molar-refractivity contribution in [3.8, 4) is 0 Å². The second-order valence-electron chi connectivity index (χ2n) is 5.85. The number of nitrogens with one attached hydrogen (secondary N) is 1. The predicted octanol–water partition coefficient (Wildman–Crippen LogP) is 1.93. The van der Waals surface area contributed by atoms with Gasteiger partial charge in [-0.2, -0.15) is 0 Å². The van der Waals surface area contributed by atoms with Crippen molar-refractivity contribution in [3.05, 3.63) is 35.9 Å². The molecule has 0 bridgehead atoms. The molecule has 0 saturated carbocycles. The molecule has 2 fully saturated rings. The highest BCUT2D eigenvalue weighted by molar-refractivity contribution is 7.85. The van der Waals surface area contributed by atoms with Gasteiger partial charge in [-0.25, -0.2) is 0 Å². The Morgan fingerprint density at radius 1 is 1.15 bits per heavy atom. The highest BCUT2D eigenvalue weighted by atomic mass is 32.2. The largest absolute Gasteiger partial charge is 0.309 e. The number of hydrogen-bond donors (Lipinski definition) is 1. The van der Waals surface area contributed by atoms with Gasteiger partial charge in [-0.3, -0.25) is 9.11 Å². The summed E-state index contributed by atoms with van der Waals surface area (Å²) in [4.78, 5) is 2.63. The SMILES string of the molecule is O=S1CCC(N2CCCNC(c3ccccc3)C2)CC1. The molecule has 0 aromatic heterocycles. The molecule has 110 valence electrons. The van der Waals surface area contributed by atoms with Gasteiger partial charge in [-0.05, 0) is 37.9 Å². The van der Waals surface area contributed by atoms with Crippen molar-refractivity contribution in [2.75, 3.05) is 31.1 Å². The minimum atomic E-state index is -0.557. The summed E-state index contributed by atoms with van der Waals surface area (Å²) >= 11 is 0. The highest BCUT2D eigenvalue weighted by Crippen LogP contribution is 2.22. The Labute approximate surface area is 124 Å². The Hall–Kier alpha value is -0.710. The molecule has 1 atom stereocenters. The lowest BCUT2D eigenvalue weighted by atomic mass is 10.0. The second kappa shape index (κ2) is 6.83. The van der Waals surface area contributed by atoms with E-state index in [-0.39, 0.29) is 0 Å². The van der Waals surface area contributed by atoms with Crippen molar-refractivity contribution in [1.82, 2.24) is 10.2 Å². The maximum absolute atomic E-state index is 11.5. The summed E-state index contributed by atoms with van der Waals surface area (Å²) < 4.78 is 11.5. The third-order valence-corrected chi connectivity index (χ3v) is 5.89. The van der Waals surface area contributed by atoms with E-state index in [1.54, 1.807) is 0 Å². The predicted molar refractivity (Wildman–Crippen MR) is 84.3 cm³/mol. The van der Waals surface area contributed by atoms with Gasteiger partial charge in [0, 0.05) is 40.9 Å². The maximum Gasteiger partial charge on any atom is 0.0449 e. The van der Waals surface area contributed by atoms with Crippen LogP contribution in [0.1, 0.15) is 30.9 Å². The molecular formula is C16H24N2OS. The van der Waals surface area contributed by atoms with Crippen LogP contribution in [0.3, 0.4) is 0 Å². The molecule has 3 nitrogen and oxygen atoms in total. The van der Waals surface area contributed by atoms with Crippen LogP contribution < -0.4 is 5.32 Å². The van der Waals surface area contributed by atoms with E-state index in [2.05, 4.69) is 40.5 Å². The van der Waals surface area contributed by atoms with Gasteiger partial charge in [0.2, 0.25) is 0 Å². The molecule has 3 rings (SSSR count). The lowest BCUT2D eigenvalue weighted by Gasteiger charge is -2.34. The van der Waals surface area contributed by atoms with Crippen molar-refractivity contribution in [3.63, 3.8) is 0 Å². The zero-order valence-corrected chi connectivity index (χ0v) is 12.8. The molecule has 2 aliphatic rings. The van der Waals surface area contributed by atoms with E-state index in [1.807, 2.05) is 0 Å². The first-order valence-electron chi connectivity index (χ1n) is 7.70. The smallest absolute Gasteiger partial charge is 0.0449 e. The Morgan fingerprint density at radius 2 is 1.90 bits per heavy atom. The van der Waals surface area contributed by atoms with Crippen LogP contribution in [0.5, 0.6) is 0 Å². The molecule has 1 aromatic rings. The van der Waals surface area contributed by atoms with Crippen LogP contribution in [0.2, 0.25) is 0 Å². The van der Waals surface area contributed by atoms with Crippen molar-refractivity contribution >= 4 is 10.8 Å².